The quantitative estimate of drug-likeness (QED) is 0.701. The van der Waals surface area contributed by atoms with Crippen LogP contribution in [0.4, 0.5) is 5.69 Å². The highest BCUT2D eigenvalue weighted by atomic mass is 35.5. The fourth-order valence-corrected chi connectivity index (χ4v) is 2.49. The lowest BCUT2D eigenvalue weighted by Crippen LogP contribution is -2.09. The van der Waals surface area contributed by atoms with Gasteiger partial charge in [-0.05, 0) is 42.2 Å². The average Bonchev–Trinajstić information content (AvgIpc) is 2.48. The molecule has 0 amide bonds. The van der Waals surface area contributed by atoms with Crippen molar-refractivity contribution in [2.45, 2.75) is 32.7 Å². The van der Waals surface area contributed by atoms with E-state index in [0.29, 0.717) is 10.0 Å². The van der Waals surface area contributed by atoms with Crippen molar-refractivity contribution in [3.63, 3.8) is 0 Å². The second-order valence-corrected chi connectivity index (χ2v) is 5.64. The Bertz CT molecular complexity index is 564. The third kappa shape index (κ3) is 3.68. The summed E-state index contributed by atoms with van der Waals surface area (Å²) in [6, 6.07) is 14.7. The lowest BCUT2D eigenvalue weighted by Gasteiger charge is -2.19. The maximum atomic E-state index is 6.05. The van der Waals surface area contributed by atoms with Crippen LogP contribution in [-0.4, -0.2) is 0 Å². The molecule has 1 atom stereocenters. The summed E-state index contributed by atoms with van der Waals surface area (Å²) in [4.78, 5) is 0. The minimum absolute atomic E-state index is 0.276. The van der Waals surface area contributed by atoms with E-state index in [1.54, 1.807) is 0 Å². The zero-order chi connectivity index (χ0) is 14.5. The number of hydrogen-bond donors (Lipinski definition) is 1. The van der Waals surface area contributed by atoms with Gasteiger partial charge in [0, 0.05) is 5.69 Å². The minimum Gasteiger partial charge on any atom is -0.378 e. The Morgan fingerprint density at radius 1 is 0.950 bits per heavy atom. The van der Waals surface area contributed by atoms with E-state index >= 15 is 0 Å². The first-order valence-corrected chi connectivity index (χ1v) is 7.70. The van der Waals surface area contributed by atoms with Crippen LogP contribution in [-0.2, 0) is 6.42 Å². The molecule has 0 spiro atoms. The second-order valence-electron chi connectivity index (χ2n) is 4.83. The van der Waals surface area contributed by atoms with Crippen LogP contribution in [0.15, 0.2) is 42.5 Å². The molecule has 0 fully saturated rings. The number of anilines is 1. The summed E-state index contributed by atoms with van der Waals surface area (Å²) in [5, 5.41) is 4.67. The fourth-order valence-electron chi connectivity index (χ4n) is 2.19. The predicted molar refractivity (Wildman–Crippen MR) is 88.9 cm³/mol. The normalized spacial score (nSPS) is 12.2. The summed E-state index contributed by atoms with van der Waals surface area (Å²) < 4.78 is 0. The largest absolute Gasteiger partial charge is 0.378 e. The molecule has 2 aromatic rings. The van der Waals surface area contributed by atoms with Gasteiger partial charge in [-0.1, -0.05) is 61.3 Å². The third-order valence-electron chi connectivity index (χ3n) is 3.46. The number of benzene rings is 2. The van der Waals surface area contributed by atoms with Gasteiger partial charge in [-0.15, -0.1) is 0 Å². The van der Waals surface area contributed by atoms with Gasteiger partial charge in [0.15, 0.2) is 0 Å². The number of hydrogen-bond acceptors (Lipinski definition) is 1. The summed E-state index contributed by atoms with van der Waals surface area (Å²) in [5.41, 5.74) is 3.64. The molecule has 0 aliphatic heterocycles. The molecule has 0 heterocycles. The van der Waals surface area contributed by atoms with Crippen molar-refractivity contribution in [2.75, 3.05) is 5.32 Å². The average molecular weight is 308 g/mol. The Balaban J connectivity index is 2.16. The SMILES string of the molecule is CCc1ccc(C(CC)Nc2ccc(Cl)c(Cl)c2)cc1. The van der Waals surface area contributed by atoms with Crippen molar-refractivity contribution in [3.05, 3.63) is 63.6 Å². The summed E-state index contributed by atoms with van der Waals surface area (Å²) in [5.74, 6) is 0. The first kappa shape index (κ1) is 15.2. The van der Waals surface area contributed by atoms with E-state index < -0.39 is 0 Å². The first-order valence-electron chi connectivity index (χ1n) is 6.94. The van der Waals surface area contributed by atoms with E-state index in [2.05, 4.69) is 43.4 Å². The lowest BCUT2D eigenvalue weighted by molar-refractivity contribution is 0.749. The van der Waals surface area contributed by atoms with Crippen LogP contribution >= 0.6 is 23.2 Å². The second kappa shape index (κ2) is 7.01. The van der Waals surface area contributed by atoms with Crippen LogP contribution in [0, 0.1) is 0 Å². The molecule has 1 nitrogen and oxygen atoms in total. The number of halogens is 2. The monoisotopic (exact) mass is 307 g/mol. The maximum absolute atomic E-state index is 6.05. The standard InChI is InChI=1S/C17H19Cl2N/c1-3-12-5-7-13(8-6-12)17(4-2)20-14-9-10-15(18)16(19)11-14/h5-11,17,20H,3-4H2,1-2H3. The molecule has 0 aliphatic carbocycles. The summed E-state index contributed by atoms with van der Waals surface area (Å²) in [6.45, 7) is 4.34. The van der Waals surface area contributed by atoms with Crippen LogP contribution < -0.4 is 5.32 Å². The van der Waals surface area contributed by atoms with Crippen molar-refractivity contribution >= 4 is 28.9 Å². The van der Waals surface area contributed by atoms with Gasteiger partial charge in [0.05, 0.1) is 16.1 Å². The molecule has 0 aromatic heterocycles. The molecule has 1 unspecified atom stereocenters. The smallest absolute Gasteiger partial charge is 0.0612 e. The highest BCUT2D eigenvalue weighted by molar-refractivity contribution is 6.42. The van der Waals surface area contributed by atoms with E-state index in [-0.39, 0.29) is 6.04 Å². The van der Waals surface area contributed by atoms with Crippen LogP contribution in [0.3, 0.4) is 0 Å². The van der Waals surface area contributed by atoms with Gasteiger partial charge in [0.2, 0.25) is 0 Å². The van der Waals surface area contributed by atoms with Gasteiger partial charge in [-0.3, -0.25) is 0 Å². The Hall–Kier alpha value is -1.18. The van der Waals surface area contributed by atoms with Gasteiger partial charge in [-0.25, -0.2) is 0 Å². The molecular formula is C17H19Cl2N. The molecule has 0 aliphatic rings. The summed E-state index contributed by atoms with van der Waals surface area (Å²) in [6.07, 6.45) is 2.07. The molecular weight excluding hydrogens is 289 g/mol. The molecule has 2 rings (SSSR count). The van der Waals surface area contributed by atoms with E-state index in [9.17, 15) is 0 Å². The van der Waals surface area contributed by atoms with E-state index in [1.165, 1.54) is 11.1 Å². The van der Waals surface area contributed by atoms with Gasteiger partial charge in [0.25, 0.3) is 0 Å². The zero-order valence-corrected chi connectivity index (χ0v) is 13.3. The van der Waals surface area contributed by atoms with Crippen molar-refractivity contribution in [2.24, 2.45) is 0 Å². The molecule has 0 bridgehead atoms. The van der Waals surface area contributed by atoms with E-state index in [4.69, 9.17) is 23.2 Å². The predicted octanol–water partition coefficient (Wildman–Crippen LogP) is 6.12. The fraction of sp³-hybridized carbons (Fsp3) is 0.294. The van der Waals surface area contributed by atoms with Gasteiger partial charge in [0.1, 0.15) is 0 Å². The lowest BCUT2D eigenvalue weighted by atomic mass is 10.0. The van der Waals surface area contributed by atoms with Crippen molar-refractivity contribution in [3.8, 4) is 0 Å². The molecule has 0 radical (unpaired) electrons. The van der Waals surface area contributed by atoms with Crippen LogP contribution in [0.5, 0.6) is 0 Å². The van der Waals surface area contributed by atoms with Crippen molar-refractivity contribution < 1.29 is 0 Å². The molecule has 106 valence electrons. The zero-order valence-electron chi connectivity index (χ0n) is 11.8. The van der Waals surface area contributed by atoms with Crippen LogP contribution in [0.1, 0.15) is 37.4 Å². The van der Waals surface area contributed by atoms with E-state index in [1.807, 2.05) is 18.2 Å². The van der Waals surface area contributed by atoms with Gasteiger partial charge < -0.3 is 5.32 Å². The number of aryl methyl sites for hydroxylation is 1. The maximum Gasteiger partial charge on any atom is 0.0612 e. The van der Waals surface area contributed by atoms with Crippen LogP contribution in [0.2, 0.25) is 10.0 Å². The minimum atomic E-state index is 0.276. The van der Waals surface area contributed by atoms with Gasteiger partial charge >= 0.3 is 0 Å². The first-order chi connectivity index (χ1) is 9.63. The Labute approximate surface area is 130 Å². The molecule has 1 N–H and O–H groups in total. The Kier molecular flexibility index (Phi) is 5.33. The summed E-state index contributed by atoms with van der Waals surface area (Å²) >= 11 is 12.0. The van der Waals surface area contributed by atoms with Crippen molar-refractivity contribution in [1.82, 2.24) is 0 Å². The van der Waals surface area contributed by atoms with Crippen LogP contribution in [0.25, 0.3) is 0 Å². The third-order valence-corrected chi connectivity index (χ3v) is 4.20. The Morgan fingerprint density at radius 2 is 1.65 bits per heavy atom. The van der Waals surface area contributed by atoms with Crippen molar-refractivity contribution in [1.29, 1.82) is 0 Å². The molecule has 0 saturated heterocycles. The molecule has 0 saturated carbocycles. The number of rotatable bonds is 5. The topological polar surface area (TPSA) is 12.0 Å². The summed E-state index contributed by atoms with van der Waals surface area (Å²) in [7, 11) is 0. The molecule has 2 aromatic carbocycles. The highest BCUT2D eigenvalue weighted by Crippen LogP contribution is 2.28. The number of nitrogens with one attached hydrogen (secondary N) is 1. The van der Waals surface area contributed by atoms with Gasteiger partial charge in [-0.2, -0.15) is 0 Å². The Morgan fingerprint density at radius 3 is 2.20 bits per heavy atom. The molecule has 20 heavy (non-hydrogen) atoms. The molecule has 3 heteroatoms. The highest BCUT2D eigenvalue weighted by Gasteiger charge is 2.09. The van der Waals surface area contributed by atoms with E-state index in [0.717, 1.165) is 18.5 Å².